The maximum Gasteiger partial charge on any atom is 0.261 e. The van der Waals surface area contributed by atoms with Crippen LogP contribution in [0.3, 0.4) is 0 Å². The van der Waals surface area contributed by atoms with Crippen LogP contribution in [0.1, 0.15) is 13.3 Å². The normalized spacial score (nSPS) is 10.2. The van der Waals surface area contributed by atoms with Crippen LogP contribution in [-0.2, 0) is 4.57 Å². The van der Waals surface area contributed by atoms with Crippen molar-refractivity contribution in [3.05, 3.63) is 0 Å². The lowest BCUT2D eigenvalue weighted by atomic mass is 9.88. The third-order valence-electron chi connectivity index (χ3n) is 1.76. The second-order valence-electron chi connectivity index (χ2n) is 2.33. The molecule has 0 saturated heterocycles. The first kappa shape index (κ1) is 13.6. The molecule has 0 rings (SSSR count). The molecule has 3 N–H and O–H groups in total. The predicted octanol–water partition coefficient (Wildman–Crippen LogP) is 0.102. The molecule has 4 nitrogen and oxygen atoms in total. The van der Waals surface area contributed by atoms with E-state index in [0.29, 0.717) is 6.42 Å². The Hall–Kier alpha value is -0.0200. The number of aliphatic hydroxyl groups excluding tert-OH is 3. The van der Waals surface area contributed by atoms with E-state index < -0.39 is 5.41 Å². The van der Waals surface area contributed by atoms with Gasteiger partial charge in [0.1, 0.15) is 0 Å². The van der Waals surface area contributed by atoms with Gasteiger partial charge in [-0.2, -0.15) is 0 Å². The van der Waals surface area contributed by atoms with Gasteiger partial charge in [0.05, 0.1) is 19.8 Å². The van der Waals surface area contributed by atoms with Gasteiger partial charge in [-0.05, 0) is 6.42 Å². The van der Waals surface area contributed by atoms with Gasteiger partial charge in [0.2, 0.25) is 0 Å². The minimum absolute atomic E-state index is 0.156. The zero-order valence-corrected chi connectivity index (χ0v) is 7.42. The van der Waals surface area contributed by atoms with Crippen molar-refractivity contribution in [3.63, 3.8) is 0 Å². The molecule has 0 aliphatic heterocycles. The predicted molar refractivity (Wildman–Crippen MR) is 41.6 cm³/mol. The molecular formula is C6H14O4P. The highest BCUT2D eigenvalue weighted by Crippen LogP contribution is 2.18. The summed E-state index contributed by atoms with van der Waals surface area (Å²) in [6.07, 6.45) is 0.594. The molecule has 5 heteroatoms. The maximum absolute atomic E-state index is 8.66. The smallest absolute Gasteiger partial charge is 0.261 e. The van der Waals surface area contributed by atoms with Crippen LogP contribution < -0.4 is 0 Å². The van der Waals surface area contributed by atoms with E-state index in [4.69, 9.17) is 19.9 Å². The average molecular weight is 181 g/mol. The minimum atomic E-state index is -0.667. The number of hydrogen-bond donors (Lipinski definition) is 3. The highest BCUT2D eigenvalue weighted by Gasteiger charge is 2.24. The lowest BCUT2D eigenvalue weighted by Crippen LogP contribution is -2.32. The molecule has 0 aromatic heterocycles. The summed E-state index contributed by atoms with van der Waals surface area (Å²) in [6.45, 7) is 1.35. The Morgan fingerprint density at radius 2 is 1.36 bits per heavy atom. The lowest BCUT2D eigenvalue weighted by Gasteiger charge is -2.24. The van der Waals surface area contributed by atoms with Gasteiger partial charge in [-0.15, -0.1) is 0 Å². The second-order valence-corrected chi connectivity index (χ2v) is 2.33. The van der Waals surface area contributed by atoms with E-state index in [0.717, 1.165) is 0 Å². The van der Waals surface area contributed by atoms with Crippen molar-refractivity contribution in [1.29, 1.82) is 0 Å². The third-order valence-corrected chi connectivity index (χ3v) is 1.76. The van der Waals surface area contributed by atoms with Crippen LogP contribution in [0.25, 0.3) is 0 Å². The summed E-state index contributed by atoms with van der Waals surface area (Å²) in [5, 5.41) is 26.0. The molecule has 11 heavy (non-hydrogen) atoms. The van der Waals surface area contributed by atoms with Crippen molar-refractivity contribution in [1.82, 2.24) is 0 Å². The topological polar surface area (TPSA) is 77.8 Å². The van der Waals surface area contributed by atoms with Crippen LogP contribution in [0, 0.1) is 5.41 Å². The average Bonchev–Trinajstić information content (AvgIpc) is 2.13. The summed E-state index contributed by atoms with van der Waals surface area (Å²) in [6, 6.07) is 0. The monoisotopic (exact) mass is 181 g/mol. The van der Waals surface area contributed by atoms with Crippen LogP contribution in [-0.4, -0.2) is 35.1 Å². The Labute approximate surface area is 68.5 Å². The molecule has 0 bridgehead atoms. The van der Waals surface area contributed by atoms with E-state index in [9.17, 15) is 0 Å². The quantitative estimate of drug-likeness (QED) is 0.537. The molecule has 0 saturated carbocycles. The Balaban J connectivity index is 0. The van der Waals surface area contributed by atoms with Gasteiger partial charge in [-0.1, -0.05) is 6.92 Å². The second kappa shape index (κ2) is 8.08. The molecule has 0 aliphatic rings. The number of hydrogen-bond acceptors (Lipinski definition) is 4. The number of aliphatic hydroxyl groups is 3. The van der Waals surface area contributed by atoms with Gasteiger partial charge in [0.15, 0.2) is 0 Å². The fourth-order valence-corrected chi connectivity index (χ4v) is 0.485. The molecule has 0 aliphatic carbocycles. The zero-order chi connectivity index (χ0) is 9.33. The first-order valence-electron chi connectivity index (χ1n) is 3.25. The molecule has 0 heterocycles. The van der Waals surface area contributed by atoms with Gasteiger partial charge >= 0.3 is 0 Å². The first-order chi connectivity index (χ1) is 5.24. The zero-order valence-electron chi connectivity index (χ0n) is 6.53. The summed E-state index contributed by atoms with van der Waals surface area (Å²) >= 11 is 0. The summed E-state index contributed by atoms with van der Waals surface area (Å²) in [5.41, 5.74) is -0.667. The van der Waals surface area contributed by atoms with Gasteiger partial charge in [-0.3, -0.25) is 4.57 Å². The lowest BCUT2D eigenvalue weighted by molar-refractivity contribution is 0.00304. The van der Waals surface area contributed by atoms with Crippen LogP contribution in [0.4, 0.5) is 0 Å². The van der Waals surface area contributed by atoms with E-state index in [1.165, 1.54) is 0 Å². The van der Waals surface area contributed by atoms with Gasteiger partial charge in [-0.25, -0.2) is 0 Å². The molecule has 67 valence electrons. The highest BCUT2D eigenvalue weighted by molar-refractivity contribution is 7.00. The molecule has 0 aromatic carbocycles. The van der Waals surface area contributed by atoms with Crippen molar-refractivity contribution in [2.45, 2.75) is 13.3 Å². The third kappa shape index (κ3) is 4.43. The molecule has 0 fully saturated rings. The van der Waals surface area contributed by atoms with E-state index in [-0.39, 0.29) is 19.8 Å². The standard InChI is InChI=1S/C6H14O3.OP/c1-2-6(3-7,4-8)5-9;1-2/h7-9H,2-5H2,1H3;. The van der Waals surface area contributed by atoms with Gasteiger partial charge < -0.3 is 15.3 Å². The fourth-order valence-electron chi connectivity index (χ4n) is 0.485. The first-order valence-corrected chi connectivity index (χ1v) is 3.62. The molecule has 0 spiro atoms. The van der Waals surface area contributed by atoms with E-state index in [1.807, 2.05) is 6.92 Å². The molecule has 0 atom stereocenters. The minimum Gasteiger partial charge on any atom is -0.396 e. The van der Waals surface area contributed by atoms with Crippen LogP contribution in [0.5, 0.6) is 0 Å². The van der Waals surface area contributed by atoms with Crippen molar-refractivity contribution in [3.8, 4) is 0 Å². The van der Waals surface area contributed by atoms with Crippen molar-refractivity contribution in [2.24, 2.45) is 5.41 Å². The van der Waals surface area contributed by atoms with Crippen LogP contribution in [0.15, 0.2) is 0 Å². The van der Waals surface area contributed by atoms with Crippen molar-refractivity contribution >= 4 is 9.12 Å². The van der Waals surface area contributed by atoms with E-state index in [1.54, 1.807) is 0 Å². The van der Waals surface area contributed by atoms with E-state index >= 15 is 0 Å². The SMILES string of the molecule is CCC(CO)(CO)CO.O=[P]. The molecule has 0 amide bonds. The Kier molecular flexibility index (Phi) is 9.96. The summed E-state index contributed by atoms with van der Waals surface area (Å²) in [5.74, 6) is 0. The van der Waals surface area contributed by atoms with Gasteiger partial charge in [0, 0.05) is 5.41 Å². The largest absolute Gasteiger partial charge is 0.396 e. The van der Waals surface area contributed by atoms with Crippen LogP contribution >= 0.6 is 9.12 Å². The number of rotatable bonds is 4. The molecule has 0 aromatic rings. The maximum atomic E-state index is 8.66. The summed E-state index contributed by atoms with van der Waals surface area (Å²) < 4.78 is 7.94. The highest BCUT2D eigenvalue weighted by atomic mass is 31.0. The molecular weight excluding hydrogens is 167 g/mol. The Bertz CT molecular complexity index is 67.1. The molecule has 1 radical (unpaired) electrons. The van der Waals surface area contributed by atoms with Crippen molar-refractivity contribution < 1.29 is 19.9 Å². The van der Waals surface area contributed by atoms with Crippen LogP contribution in [0.2, 0.25) is 0 Å². The van der Waals surface area contributed by atoms with Crippen molar-refractivity contribution in [2.75, 3.05) is 19.8 Å². The fraction of sp³-hybridized carbons (Fsp3) is 1.00. The Morgan fingerprint density at radius 3 is 1.36 bits per heavy atom. The van der Waals surface area contributed by atoms with E-state index in [2.05, 4.69) is 9.12 Å². The Morgan fingerprint density at radius 1 is 1.09 bits per heavy atom. The summed E-state index contributed by atoms with van der Waals surface area (Å²) in [4.78, 5) is 0. The van der Waals surface area contributed by atoms with Gasteiger partial charge in [0.25, 0.3) is 9.12 Å². The summed E-state index contributed by atoms with van der Waals surface area (Å²) in [7, 11) is 2.28. The molecule has 0 unspecified atom stereocenters.